The molecule has 1 aromatic heterocycles. The van der Waals surface area contributed by atoms with Crippen LogP contribution >= 0.6 is 0 Å². The molecule has 5 nitrogen and oxygen atoms in total. The van der Waals surface area contributed by atoms with E-state index in [1.807, 2.05) is 37.3 Å². The van der Waals surface area contributed by atoms with Gasteiger partial charge in [-0.1, -0.05) is 18.2 Å². The molecule has 21 heavy (non-hydrogen) atoms. The Labute approximate surface area is 123 Å². The summed E-state index contributed by atoms with van der Waals surface area (Å²) >= 11 is 0. The zero-order valence-corrected chi connectivity index (χ0v) is 12.0. The number of amides is 2. The maximum Gasteiger partial charge on any atom is 0.324 e. The molecule has 0 aliphatic carbocycles. The van der Waals surface area contributed by atoms with Gasteiger partial charge in [-0.15, -0.1) is 0 Å². The maximum absolute atomic E-state index is 11.7. The molecule has 2 rings (SSSR count). The average molecular weight is 283 g/mol. The van der Waals surface area contributed by atoms with Crippen LogP contribution in [0, 0.1) is 6.92 Å². The van der Waals surface area contributed by atoms with Crippen LogP contribution in [0.4, 0.5) is 10.6 Å². The van der Waals surface area contributed by atoms with Crippen LogP contribution in [0.5, 0.6) is 5.75 Å². The molecular formula is C16H17N3O2. The highest BCUT2D eigenvalue weighted by molar-refractivity contribution is 5.89. The Kier molecular flexibility index (Phi) is 4.93. The van der Waals surface area contributed by atoms with Crippen LogP contribution in [-0.2, 0) is 0 Å². The number of aryl methyl sites for hydroxylation is 1. The zero-order chi connectivity index (χ0) is 15.1. The Bertz CT molecular complexity index is 619. The predicted molar refractivity (Wildman–Crippen MR) is 83.2 cm³/mol. The van der Waals surface area contributed by atoms with Crippen LogP contribution in [-0.4, -0.2) is 18.1 Å². The first kappa shape index (κ1) is 14.6. The number of urea groups is 1. The van der Waals surface area contributed by atoms with E-state index >= 15 is 0 Å². The molecule has 0 saturated carbocycles. The summed E-state index contributed by atoms with van der Waals surface area (Å²) in [5.41, 5.74) is 2.00. The van der Waals surface area contributed by atoms with Gasteiger partial charge in [0.15, 0.2) is 0 Å². The second-order valence-electron chi connectivity index (χ2n) is 4.43. The minimum absolute atomic E-state index is 0.337. The number of pyridine rings is 1. The van der Waals surface area contributed by atoms with Crippen molar-refractivity contribution in [1.82, 2.24) is 10.3 Å². The molecule has 2 aromatic rings. The van der Waals surface area contributed by atoms with Gasteiger partial charge >= 0.3 is 6.03 Å². The number of hydrogen-bond donors (Lipinski definition) is 2. The molecule has 108 valence electrons. The van der Waals surface area contributed by atoms with E-state index in [9.17, 15) is 4.79 Å². The lowest BCUT2D eigenvalue weighted by Gasteiger charge is -2.03. The Morgan fingerprint density at radius 1 is 1.19 bits per heavy atom. The molecule has 0 saturated heterocycles. The second kappa shape index (κ2) is 7.09. The molecule has 0 fully saturated rings. The summed E-state index contributed by atoms with van der Waals surface area (Å²) in [7, 11) is 1.62. The topological polar surface area (TPSA) is 63.2 Å². The van der Waals surface area contributed by atoms with Crippen molar-refractivity contribution in [3.05, 3.63) is 59.9 Å². The molecule has 0 unspecified atom stereocenters. The number of carbonyl (C=O) groups excluding carboxylic acids is 1. The van der Waals surface area contributed by atoms with Crippen LogP contribution in [0.25, 0.3) is 6.08 Å². The fourth-order valence-corrected chi connectivity index (χ4v) is 1.62. The quantitative estimate of drug-likeness (QED) is 0.905. The highest BCUT2D eigenvalue weighted by Gasteiger charge is 1.99. The first-order chi connectivity index (χ1) is 10.2. The van der Waals surface area contributed by atoms with E-state index in [4.69, 9.17) is 4.74 Å². The maximum atomic E-state index is 11.7. The molecule has 5 heteroatoms. The lowest BCUT2D eigenvalue weighted by atomic mass is 10.2. The van der Waals surface area contributed by atoms with Crippen molar-refractivity contribution < 1.29 is 9.53 Å². The summed E-state index contributed by atoms with van der Waals surface area (Å²) < 4.78 is 5.08. The lowest BCUT2D eigenvalue weighted by molar-refractivity contribution is 0.255. The third-order valence-electron chi connectivity index (χ3n) is 2.76. The van der Waals surface area contributed by atoms with Crippen molar-refractivity contribution in [2.75, 3.05) is 12.4 Å². The number of methoxy groups -OCH3 is 1. The monoisotopic (exact) mass is 283 g/mol. The molecule has 0 aliphatic rings. The molecule has 2 amide bonds. The molecule has 0 spiro atoms. The number of nitrogens with zero attached hydrogens (tertiary/aromatic N) is 1. The van der Waals surface area contributed by atoms with Gasteiger partial charge < -0.3 is 10.1 Å². The Hall–Kier alpha value is -2.82. The Morgan fingerprint density at radius 3 is 2.57 bits per heavy atom. The third kappa shape index (κ3) is 4.65. The van der Waals surface area contributed by atoms with Gasteiger partial charge in [-0.2, -0.15) is 0 Å². The van der Waals surface area contributed by atoms with Crippen LogP contribution in [0.1, 0.15) is 11.1 Å². The van der Waals surface area contributed by atoms with E-state index in [1.165, 1.54) is 0 Å². The number of anilines is 1. The zero-order valence-electron chi connectivity index (χ0n) is 12.0. The van der Waals surface area contributed by atoms with Crippen LogP contribution < -0.4 is 15.4 Å². The number of nitrogens with one attached hydrogen (secondary N) is 2. The summed E-state index contributed by atoms with van der Waals surface area (Å²) in [6, 6.07) is 10.8. The summed E-state index contributed by atoms with van der Waals surface area (Å²) in [6.07, 6.45) is 5.07. The van der Waals surface area contributed by atoms with Crippen LogP contribution in [0.15, 0.2) is 48.8 Å². The van der Waals surface area contributed by atoms with Gasteiger partial charge in [-0.3, -0.25) is 5.32 Å². The van der Waals surface area contributed by atoms with E-state index in [0.717, 1.165) is 16.9 Å². The molecular weight excluding hydrogens is 266 g/mol. The Balaban J connectivity index is 1.85. The molecule has 0 atom stereocenters. The van der Waals surface area contributed by atoms with Crippen molar-refractivity contribution in [1.29, 1.82) is 0 Å². The van der Waals surface area contributed by atoms with Gasteiger partial charge in [-0.25, -0.2) is 9.78 Å². The van der Waals surface area contributed by atoms with Gasteiger partial charge in [0.2, 0.25) is 0 Å². The van der Waals surface area contributed by atoms with E-state index < -0.39 is 0 Å². The molecule has 1 heterocycles. The van der Waals surface area contributed by atoms with Gasteiger partial charge in [-0.05, 0) is 42.3 Å². The fraction of sp³-hybridized carbons (Fsp3) is 0.125. The number of carbonyl (C=O) groups is 1. The Morgan fingerprint density at radius 2 is 1.95 bits per heavy atom. The minimum Gasteiger partial charge on any atom is -0.497 e. The third-order valence-corrected chi connectivity index (χ3v) is 2.76. The van der Waals surface area contributed by atoms with Gasteiger partial charge in [0.05, 0.1) is 7.11 Å². The summed E-state index contributed by atoms with van der Waals surface area (Å²) in [5, 5.41) is 5.26. The summed E-state index contributed by atoms with van der Waals surface area (Å²) in [4.78, 5) is 15.7. The SMILES string of the molecule is COc1ccc(/C=C/NC(=O)Nc2ccc(C)cn2)cc1. The summed E-state index contributed by atoms with van der Waals surface area (Å²) in [5.74, 6) is 1.30. The first-order valence-electron chi connectivity index (χ1n) is 6.48. The lowest BCUT2D eigenvalue weighted by Crippen LogP contribution is -2.24. The van der Waals surface area contributed by atoms with Crippen molar-refractivity contribution in [2.45, 2.75) is 6.92 Å². The molecule has 1 aromatic carbocycles. The van der Waals surface area contributed by atoms with Gasteiger partial charge in [0.1, 0.15) is 11.6 Å². The number of ether oxygens (including phenoxy) is 1. The fourth-order valence-electron chi connectivity index (χ4n) is 1.62. The van der Waals surface area contributed by atoms with E-state index in [1.54, 1.807) is 31.6 Å². The molecule has 0 aliphatic heterocycles. The smallest absolute Gasteiger partial charge is 0.324 e. The number of aromatic nitrogens is 1. The minimum atomic E-state index is -0.337. The number of benzene rings is 1. The largest absolute Gasteiger partial charge is 0.497 e. The second-order valence-corrected chi connectivity index (χ2v) is 4.43. The van der Waals surface area contributed by atoms with Gasteiger partial charge in [0, 0.05) is 12.4 Å². The van der Waals surface area contributed by atoms with E-state index in [-0.39, 0.29) is 6.03 Å². The van der Waals surface area contributed by atoms with E-state index in [0.29, 0.717) is 5.82 Å². The van der Waals surface area contributed by atoms with Crippen molar-refractivity contribution in [2.24, 2.45) is 0 Å². The van der Waals surface area contributed by atoms with Crippen LogP contribution in [0.3, 0.4) is 0 Å². The first-order valence-corrected chi connectivity index (χ1v) is 6.48. The molecule has 2 N–H and O–H groups in total. The van der Waals surface area contributed by atoms with E-state index in [2.05, 4.69) is 15.6 Å². The highest BCUT2D eigenvalue weighted by atomic mass is 16.5. The highest BCUT2D eigenvalue weighted by Crippen LogP contribution is 2.11. The molecule has 0 bridgehead atoms. The predicted octanol–water partition coefficient (Wildman–Crippen LogP) is 3.19. The van der Waals surface area contributed by atoms with Crippen molar-refractivity contribution in [3.63, 3.8) is 0 Å². The standard InChI is InChI=1S/C16H17N3O2/c1-12-3-8-15(18-11-12)19-16(20)17-10-9-13-4-6-14(21-2)7-5-13/h3-11H,1-2H3,(H2,17,18,19,20)/b10-9+. The molecule has 0 radical (unpaired) electrons. The number of rotatable bonds is 4. The normalized spacial score (nSPS) is 10.4. The summed E-state index contributed by atoms with van der Waals surface area (Å²) in [6.45, 7) is 1.94. The van der Waals surface area contributed by atoms with Gasteiger partial charge in [0.25, 0.3) is 0 Å². The van der Waals surface area contributed by atoms with Crippen LogP contribution in [0.2, 0.25) is 0 Å². The van der Waals surface area contributed by atoms with Crippen molar-refractivity contribution in [3.8, 4) is 5.75 Å². The number of hydrogen-bond acceptors (Lipinski definition) is 3. The van der Waals surface area contributed by atoms with Crippen molar-refractivity contribution >= 4 is 17.9 Å². The average Bonchev–Trinajstić information content (AvgIpc) is 2.50.